The Morgan fingerprint density at radius 2 is 1.65 bits per heavy atom. The smallest absolute Gasteiger partial charge is 0.407 e. The minimum absolute atomic E-state index is 0.0920. The van der Waals surface area contributed by atoms with Gasteiger partial charge in [-0.05, 0) is 54.4 Å². The van der Waals surface area contributed by atoms with E-state index in [0.717, 1.165) is 45.6 Å². The average Bonchev–Trinajstić information content (AvgIpc) is 3.20. The molecule has 0 saturated carbocycles. The SMILES string of the molecule is CCCOc1ccc(CC(NC(=O)OCC2c3ccccc3-c3ccccc32)C(=O)O)cc1CN(C)C. The maximum Gasteiger partial charge on any atom is 0.407 e. The Hall–Kier alpha value is -3.84. The summed E-state index contributed by atoms with van der Waals surface area (Å²) >= 11 is 0. The van der Waals surface area contributed by atoms with Crippen LogP contribution in [-0.4, -0.2) is 55.4 Å². The van der Waals surface area contributed by atoms with Gasteiger partial charge in [-0.2, -0.15) is 0 Å². The standard InChI is InChI=1S/C30H34N2O5/c1-4-15-36-28-14-13-20(16-21(28)18-32(2)3)17-27(29(33)34)31-30(35)37-19-26-24-11-7-5-9-22(24)23-10-6-8-12-25(23)26/h5-14,16,26-27H,4,15,17-19H2,1-3H3,(H,31,35)(H,33,34). The number of hydrogen-bond donors (Lipinski definition) is 2. The third kappa shape index (κ3) is 6.30. The zero-order chi connectivity index (χ0) is 26.4. The topological polar surface area (TPSA) is 88.1 Å². The predicted molar refractivity (Wildman–Crippen MR) is 143 cm³/mol. The van der Waals surface area contributed by atoms with Crippen molar-refractivity contribution in [2.75, 3.05) is 27.3 Å². The van der Waals surface area contributed by atoms with E-state index in [1.54, 1.807) is 0 Å². The number of benzene rings is 3. The van der Waals surface area contributed by atoms with Crippen LogP contribution >= 0.6 is 0 Å². The van der Waals surface area contributed by atoms with E-state index in [1.165, 1.54) is 0 Å². The summed E-state index contributed by atoms with van der Waals surface area (Å²) in [7, 11) is 3.93. The van der Waals surface area contributed by atoms with Gasteiger partial charge in [0.15, 0.2) is 0 Å². The van der Waals surface area contributed by atoms with Crippen LogP contribution in [0.2, 0.25) is 0 Å². The predicted octanol–water partition coefficient (Wildman–Crippen LogP) is 5.07. The first kappa shape index (κ1) is 26.2. The quantitative estimate of drug-likeness (QED) is 0.381. The summed E-state index contributed by atoms with van der Waals surface area (Å²) in [5.74, 6) is -0.421. The van der Waals surface area contributed by atoms with Crippen LogP contribution in [0.1, 0.15) is 41.5 Å². The number of ether oxygens (including phenoxy) is 2. The number of fused-ring (bicyclic) bond motifs is 3. The molecule has 0 aromatic heterocycles. The zero-order valence-corrected chi connectivity index (χ0v) is 21.6. The second kappa shape index (κ2) is 11.9. The van der Waals surface area contributed by atoms with E-state index in [9.17, 15) is 14.7 Å². The molecule has 3 aromatic carbocycles. The summed E-state index contributed by atoms with van der Waals surface area (Å²) < 4.78 is 11.4. The number of carbonyl (C=O) groups is 2. The van der Waals surface area contributed by atoms with Crippen LogP contribution in [0.25, 0.3) is 11.1 Å². The molecule has 1 atom stereocenters. The molecule has 1 amide bonds. The fraction of sp³-hybridized carbons (Fsp3) is 0.333. The number of rotatable bonds is 11. The number of nitrogens with one attached hydrogen (secondary N) is 1. The van der Waals surface area contributed by atoms with Gasteiger partial charge in [-0.15, -0.1) is 0 Å². The van der Waals surface area contributed by atoms with Gasteiger partial charge >= 0.3 is 12.1 Å². The number of alkyl carbamates (subject to hydrolysis) is 1. The van der Waals surface area contributed by atoms with Crippen LogP contribution in [0, 0.1) is 0 Å². The molecule has 4 rings (SSSR count). The Morgan fingerprint density at radius 1 is 1.00 bits per heavy atom. The Morgan fingerprint density at radius 3 is 2.24 bits per heavy atom. The van der Waals surface area contributed by atoms with Gasteiger partial charge in [0.05, 0.1) is 6.61 Å². The lowest BCUT2D eigenvalue weighted by Crippen LogP contribution is -2.43. The molecule has 1 aliphatic carbocycles. The third-order valence-electron chi connectivity index (χ3n) is 6.45. The molecular formula is C30H34N2O5. The second-order valence-corrected chi connectivity index (χ2v) is 9.59. The monoisotopic (exact) mass is 502 g/mol. The van der Waals surface area contributed by atoms with Crippen LogP contribution in [0.5, 0.6) is 5.75 Å². The van der Waals surface area contributed by atoms with Crippen molar-refractivity contribution < 1.29 is 24.2 Å². The van der Waals surface area contributed by atoms with Crippen LogP contribution in [0.3, 0.4) is 0 Å². The van der Waals surface area contributed by atoms with Crippen LogP contribution in [0.15, 0.2) is 66.7 Å². The highest BCUT2D eigenvalue weighted by atomic mass is 16.5. The number of hydrogen-bond acceptors (Lipinski definition) is 5. The summed E-state index contributed by atoms with van der Waals surface area (Å²) in [6.07, 6.45) is 0.285. The van der Waals surface area contributed by atoms with Crippen molar-refractivity contribution in [3.63, 3.8) is 0 Å². The van der Waals surface area contributed by atoms with Gasteiger partial charge < -0.3 is 24.8 Å². The molecule has 3 aromatic rings. The molecule has 1 unspecified atom stereocenters. The summed E-state index contributed by atoms with van der Waals surface area (Å²) in [4.78, 5) is 26.7. The first-order valence-corrected chi connectivity index (χ1v) is 12.6. The normalized spacial score (nSPS) is 13.1. The summed E-state index contributed by atoms with van der Waals surface area (Å²) in [5, 5.41) is 12.3. The lowest BCUT2D eigenvalue weighted by atomic mass is 9.98. The summed E-state index contributed by atoms with van der Waals surface area (Å²) in [5.41, 5.74) is 6.24. The van der Waals surface area contributed by atoms with E-state index < -0.39 is 18.1 Å². The van der Waals surface area contributed by atoms with Crippen molar-refractivity contribution in [1.29, 1.82) is 0 Å². The number of carbonyl (C=O) groups excluding carboxylic acids is 1. The fourth-order valence-electron chi connectivity index (χ4n) is 4.79. The first-order chi connectivity index (χ1) is 17.9. The van der Waals surface area contributed by atoms with Gasteiger partial charge in [0.1, 0.15) is 18.4 Å². The van der Waals surface area contributed by atoms with Crippen LogP contribution in [0.4, 0.5) is 4.79 Å². The molecule has 0 radical (unpaired) electrons. The van der Waals surface area contributed by atoms with Crippen molar-refractivity contribution in [1.82, 2.24) is 10.2 Å². The van der Waals surface area contributed by atoms with Crippen molar-refractivity contribution in [3.05, 3.63) is 89.0 Å². The molecule has 37 heavy (non-hydrogen) atoms. The Balaban J connectivity index is 1.42. The fourth-order valence-corrected chi connectivity index (χ4v) is 4.79. The Bertz CT molecular complexity index is 1210. The highest BCUT2D eigenvalue weighted by Gasteiger charge is 2.30. The highest BCUT2D eigenvalue weighted by Crippen LogP contribution is 2.44. The van der Waals surface area contributed by atoms with E-state index in [2.05, 4.69) is 17.4 Å². The number of nitrogens with zero attached hydrogens (tertiary/aromatic N) is 1. The second-order valence-electron chi connectivity index (χ2n) is 9.59. The van der Waals surface area contributed by atoms with Crippen molar-refractivity contribution in [3.8, 4) is 16.9 Å². The minimum atomic E-state index is -1.12. The molecule has 2 N–H and O–H groups in total. The van der Waals surface area contributed by atoms with Gasteiger partial charge in [-0.1, -0.05) is 67.6 Å². The Kier molecular flexibility index (Phi) is 8.46. The summed E-state index contributed by atoms with van der Waals surface area (Å²) in [6, 6.07) is 20.7. The Labute approximate surface area is 218 Å². The molecule has 7 heteroatoms. The lowest BCUT2D eigenvalue weighted by molar-refractivity contribution is -0.139. The minimum Gasteiger partial charge on any atom is -0.493 e. The number of aliphatic carboxylic acids is 1. The highest BCUT2D eigenvalue weighted by molar-refractivity contribution is 5.81. The molecule has 0 aliphatic heterocycles. The molecule has 0 fully saturated rings. The first-order valence-electron chi connectivity index (χ1n) is 12.6. The van der Waals surface area contributed by atoms with Crippen molar-refractivity contribution in [2.24, 2.45) is 0 Å². The van der Waals surface area contributed by atoms with E-state index in [0.29, 0.717) is 13.2 Å². The van der Waals surface area contributed by atoms with Gasteiger partial charge in [-0.3, -0.25) is 0 Å². The number of carboxylic acids is 1. The van der Waals surface area contributed by atoms with Gasteiger partial charge in [0, 0.05) is 24.4 Å². The van der Waals surface area contributed by atoms with E-state index in [4.69, 9.17) is 9.47 Å². The van der Waals surface area contributed by atoms with Gasteiger partial charge in [0.2, 0.25) is 0 Å². The maximum atomic E-state index is 12.7. The molecule has 194 valence electrons. The molecular weight excluding hydrogens is 468 g/mol. The molecule has 0 bridgehead atoms. The number of amides is 1. The van der Waals surface area contributed by atoms with Crippen LogP contribution in [-0.2, 0) is 22.5 Å². The van der Waals surface area contributed by atoms with Gasteiger partial charge in [0.25, 0.3) is 0 Å². The molecule has 7 nitrogen and oxygen atoms in total. The maximum absolute atomic E-state index is 12.7. The van der Waals surface area contributed by atoms with E-state index >= 15 is 0 Å². The molecule has 0 saturated heterocycles. The molecule has 0 spiro atoms. The largest absolute Gasteiger partial charge is 0.493 e. The van der Waals surface area contributed by atoms with Crippen molar-refractivity contribution >= 4 is 12.1 Å². The van der Waals surface area contributed by atoms with E-state index in [1.807, 2.05) is 80.5 Å². The lowest BCUT2D eigenvalue weighted by Gasteiger charge is -2.19. The third-order valence-corrected chi connectivity index (χ3v) is 6.45. The average molecular weight is 503 g/mol. The number of carboxylic acid groups (broad SMARTS) is 1. The summed E-state index contributed by atoms with van der Waals surface area (Å²) in [6.45, 7) is 3.44. The van der Waals surface area contributed by atoms with E-state index in [-0.39, 0.29) is 18.9 Å². The van der Waals surface area contributed by atoms with Crippen molar-refractivity contribution in [2.45, 2.75) is 38.3 Å². The molecule has 1 aliphatic rings. The van der Waals surface area contributed by atoms with Crippen LogP contribution < -0.4 is 10.1 Å². The molecule has 0 heterocycles. The zero-order valence-electron chi connectivity index (χ0n) is 21.6. The van der Waals surface area contributed by atoms with Gasteiger partial charge in [-0.25, -0.2) is 9.59 Å².